The van der Waals surface area contributed by atoms with Gasteiger partial charge in [0.2, 0.25) is 0 Å². The Balaban J connectivity index is 2.49. The molecule has 0 unspecified atom stereocenters. The highest BCUT2D eigenvalue weighted by Crippen LogP contribution is 2.23. The summed E-state index contributed by atoms with van der Waals surface area (Å²) in [5.74, 6) is 0.486. The fourth-order valence-corrected chi connectivity index (χ4v) is 1.81. The van der Waals surface area contributed by atoms with E-state index in [9.17, 15) is 0 Å². The zero-order valence-corrected chi connectivity index (χ0v) is 11.5. The van der Waals surface area contributed by atoms with Crippen LogP contribution in [-0.2, 0) is 11.2 Å². The fraction of sp³-hybridized carbons (Fsp3) is 0.538. The van der Waals surface area contributed by atoms with Crippen molar-refractivity contribution in [2.24, 2.45) is 5.92 Å². The van der Waals surface area contributed by atoms with Gasteiger partial charge in [-0.3, -0.25) is 0 Å². The Morgan fingerprint density at radius 3 is 2.38 bits per heavy atom. The van der Waals surface area contributed by atoms with Gasteiger partial charge in [-0.15, -0.1) is 0 Å². The Bertz CT molecular complexity index is 337. The van der Waals surface area contributed by atoms with Crippen molar-refractivity contribution in [1.29, 1.82) is 0 Å². The van der Waals surface area contributed by atoms with Crippen molar-refractivity contribution in [3.8, 4) is 0 Å². The average molecular weight is 261 g/mol. The molecule has 90 valence electrons. The zero-order chi connectivity index (χ0) is 12.1. The molecule has 0 saturated heterocycles. The van der Waals surface area contributed by atoms with Gasteiger partial charge in [0.15, 0.2) is 0 Å². The minimum atomic E-state index is 0.288. The van der Waals surface area contributed by atoms with E-state index < -0.39 is 0 Å². The van der Waals surface area contributed by atoms with Gasteiger partial charge < -0.3 is 4.74 Å². The smallest absolute Gasteiger partial charge is 0.0595 e. The van der Waals surface area contributed by atoms with E-state index in [4.69, 9.17) is 27.9 Å². The van der Waals surface area contributed by atoms with E-state index in [0.717, 1.165) is 13.0 Å². The molecule has 1 aromatic carbocycles. The second-order valence-electron chi connectivity index (χ2n) is 4.44. The molecule has 0 aliphatic rings. The summed E-state index contributed by atoms with van der Waals surface area (Å²) in [5.41, 5.74) is 1.20. The molecule has 0 fully saturated rings. The second-order valence-corrected chi connectivity index (χ2v) is 5.25. The van der Waals surface area contributed by atoms with Crippen LogP contribution in [0.5, 0.6) is 0 Å². The van der Waals surface area contributed by atoms with Crippen molar-refractivity contribution in [1.82, 2.24) is 0 Å². The molecule has 0 amide bonds. The maximum Gasteiger partial charge on any atom is 0.0595 e. The van der Waals surface area contributed by atoms with Crippen LogP contribution in [0.3, 0.4) is 0 Å². The lowest BCUT2D eigenvalue weighted by atomic mass is 10.0. The van der Waals surface area contributed by atoms with Crippen molar-refractivity contribution in [3.63, 3.8) is 0 Å². The van der Waals surface area contributed by atoms with E-state index in [-0.39, 0.29) is 6.10 Å². The first kappa shape index (κ1) is 13.8. The van der Waals surface area contributed by atoms with Crippen LogP contribution in [0.1, 0.15) is 26.3 Å². The first-order valence-electron chi connectivity index (χ1n) is 5.54. The monoisotopic (exact) mass is 260 g/mol. The highest BCUT2D eigenvalue weighted by atomic mass is 35.5. The summed E-state index contributed by atoms with van der Waals surface area (Å²) in [4.78, 5) is 0. The number of hydrogen-bond donors (Lipinski definition) is 0. The minimum Gasteiger partial charge on any atom is -0.379 e. The number of rotatable bonds is 5. The van der Waals surface area contributed by atoms with Crippen molar-refractivity contribution in [2.75, 3.05) is 6.61 Å². The molecule has 1 nitrogen and oxygen atoms in total. The summed E-state index contributed by atoms with van der Waals surface area (Å²) in [5, 5.41) is 1.23. The highest BCUT2D eigenvalue weighted by Gasteiger charge is 2.07. The Morgan fingerprint density at radius 1 is 1.12 bits per heavy atom. The van der Waals surface area contributed by atoms with Crippen molar-refractivity contribution in [3.05, 3.63) is 33.8 Å². The SMILES string of the molecule is CC(C)OC[C@@H](C)Cc1ccc(Cl)c(Cl)c1. The number of hydrogen-bond acceptors (Lipinski definition) is 1. The van der Waals surface area contributed by atoms with E-state index in [1.165, 1.54) is 5.56 Å². The molecular formula is C13H18Cl2O. The van der Waals surface area contributed by atoms with E-state index in [1.807, 2.05) is 32.0 Å². The van der Waals surface area contributed by atoms with Crippen LogP contribution in [0.25, 0.3) is 0 Å². The molecule has 16 heavy (non-hydrogen) atoms. The van der Waals surface area contributed by atoms with Crippen LogP contribution in [0.4, 0.5) is 0 Å². The number of halogens is 2. The Kier molecular flexibility index (Phi) is 5.60. The Morgan fingerprint density at radius 2 is 1.81 bits per heavy atom. The highest BCUT2D eigenvalue weighted by molar-refractivity contribution is 6.42. The summed E-state index contributed by atoms with van der Waals surface area (Å²) >= 11 is 11.8. The predicted molar refractivity (Wildman–Crippen MR) is 70.4 cm³/mol. The first-order valence-corrected chi connectivity index (χ1v) is 6.30. The molecule has 0 aromatic heterocycles. The van der Waals surface area contributed by atoms with Gasteiger partial charge in [-0.25, -0.2) is 0 Å². The summed E-state index contributed by atoms with van der Waals surface area (Å²) in [7, 11) is 0. The van der Waals surface area contributed by atoms with Crippen molar-refractivity contribution in [2.45, 2.75) is 33.3 Å². The van der Waals surface area contributed by atoms with Crippen LogP contribution in [0, 0.1) is 5.92 Å². The van der Waals surface area contributed by atoms with E-state index >= 15 is 0 Å². The van der Waals surface area contributed by atoms with Crippen molar-refractivity contribution < 1.29 is 4.74 Å². The molecule has 0 radical (unpaired) electrons. The summed E-state index contributed by atoms with van der Waals surface area (Å²) in [6, 6.07) is 5.78. The molecule has 1 rings (SSSR count). The second kappa shape index (κ2) is 6.48. The molecule has 0 N–H and O–H groups in total. The van der Waals surface area contributed by atoms with Crippen LogP contribution in [-0.4, -0.2) is 12.7 Å². The first-order chi connectivity index (χ1) is 7.49. The maximum absolute atomic E-state index is 5.96. The molecular weight excluding hydrogens is 243 g/mol. The van der Waals surface area contributed by atoms with Gasteiger partial charge in [-0.1, -0.05) is 36.2 Å². The largest absolute Gasteiger partial charge is 0.379 e. The quantitative estimate of drug-likeness (QED) is 0.752. The van der Waals surface area contributed by atoms with E-state index in [1.54, 1.807) is 0 Å². The Labute approximate surface area is 108 Å². The summed E-state index contributed by atoms with van der Waals surface area (Å²) in [6.45, 7) is 7.04. The molecule has 0 saturated carbocycles. The molecule has 0 aliphatic heterocycles. The zero-order valence-electron chi connectivity index (χ0n) is 9.97. The summed E-state index contributed by atoms with van der Waals surface area (Å²) in [6.07, 6.45) is 1.25. The number of benzene rings is 1. The lowest BCUT2D eigenvalue weighted by Gasteiger charge is -2.14. The lowest BCUT2D eigenvalue weighted by Crippen LogP contribution is -2.13. The van der Waals surface area contributed by atoms with E-state index in [2.05, 4.69) is 6.92 Å². The molecule has 0 heterocycles. The average Bonchev–Trinajstić information content (AvgIpc) is 2.21. The third-order valence-corrected chi connectivity index (χ3v) is 3.02. The van der Waals surface area contributed by atoms with Gasteiger partial charge in [0, 0.05) is 6.61 Å². The Hall–Kier alpha value is -0.240. The normalized spacial score (nSPS) is 13.1. The molecule has 3 heteroatoms. The molecule has 0 bridgehead atoms. The van der Waals surface area contributed by atoms with Gasteiger partial charge in [-0.05, 0) is 43.9 Å². The number of ether oxygens (including phenoxy) is 1. The van der Waals surface area contributed by atoms with Gasteiger partial charge in [0.05, 0.1) is 16.1 Å². The summed E-state index contributed by atoms with van der Waals surface area (Å²) < 4.78 is 5.57. The molecule has 0 spiro atoms. The van der Waals surface area contributed by atoms with Gasteiger partial charge >= 0.3 is 0 Å². The fourth-order valence-electron chi connectivity index (χ4n) is 1.48. The maximum atomic E-state index is 5.96. The van der Waals surface area contributed by atoms with Crippen molar-refractivity contribution >= 4 is 23.2 Å². The van der Waals surface area contributed by atoms with Gasteiger partial charge in [0.1, 0.15) is 0 Å². The van der Waals surface area contributed by atoms with Gasteiger partial charge in [-0.2, -0.15) is 0 Å². The predicted octanol–water partition coefficient (Wildman–Crippen LogP) is 4.60. The van der Waals surface area contributed by atoms with E-state index in [0.29, 0.717) is 16.0 Å². The molecule has 1 atom stereocenters. The van der Waals surface area contributed by atoms with Crippen LogP contribution >= 0.6 is 23.2 Å². The van der Waals surface area contributed by atoms with Crippen LogP contribution in [0.15, 0.2) is 18.2 Å². The van der Waals surface area contributed by atoms with Crippen LogP contribution in [0.2, 0.25) is 10.0 Å². The third-order valence-electron chi connectivity index (χ3n) is 2.28. The van der Waals surface area contributed by atoms with Gasteiger partial charge in [0.25, 0.3) is 0 Å². The third kappa shape index (κ3) is 4.73. The molecule has 0 aliphatic carbocycles. The van der Waals surface area contributed by atoms with Crippen LogP contribution < -0.4 is 0 Å². The minimum absolute atomic E-state index is 0.288. The lowest BCUT2D eigenvalue weighted by molar-refractivity contribution is 0.0553. The molecule has 1 aromatic rings. The standard InChI is InChI=1S/C13H18Cl2O/c1-9(2)16-8-10(3)6-11-4-5-12(14)13(15)7-11/h4-5,7,9-10H,6,8H2,1-3H3/t10-/m0/s1. The topological polar surface area (TPSA) is 9.23 Å².